The number of nitrogens with zero attached hydrogens (tertiary/aromatic N) is 2. The lowest BCUT2D eigenvalue weighted by atomic mass is 9.80. The highest BCUT2D eigenvalue weighted by molar-refractivity contribution is 6.26. The van der Waals surface area contributed by atoms with Gasteiger partial charge in [-0.2, -0.15) is 0 Å². The van der Waals surface area contributed by atoms with Crippen LogP contribution in [0.2, 0.25) is 0 Å². The van der Waals surface area contributed by atoms with Crippen molar-refractivity contribution in [2.24, 2.45) is 5.92 Å². The zero-order valence-electron chi connectivity index (χ0n) is 14.5. The van der Waals surface area contributed by atoms with Crippen LogP contribution in [0.15, 0.2) is 30.3 Å². The molecular formula is C20H21ClN3O2+. The van der Waals surface area contributed by atoms with E-state index >= 15 is 0 Å². The number of benzene rings is 2. The number of hydrogen-bond donors (Lipinski definition) is 1. The summed E-state index contributed by atoms with van der Waals surface area (Å²) in [4.78, 5) is 28.2. The third-order valence-corrected chi connectivity index (χ3v) is 7.13. The molecule has 6 heteroatoms. The number of fused-ring (bicyclic) bond motifs is 3. The average molecular weight is 371 g/mol. The molecule has 3 saturated heterocycles. The van der Waals surface area contributed by atoms with E-state index < -0.39 is 0 Å². The van der Waals surface area contributed by atoms with Gasteiger partial charge in [0.25, 0.3) is 11.8 Å². The smallest absolute Gasteiger partial charge is 0.261 e. The van der Waals surface area contributed by atoms with Crippen LogP contribution < -0.4 is 5.73 Å². The summed E-state index contributed by atoms with van der Waals surface area (Å²) >= 11 is 6.27. The normalized spacial score (nSPS) is 30.3. The van der Waals surface area contributed by atoms with E-state index in [1.807, 2.05) is 12.1 Å². The van der Waals surface area contributed by atoms with Crippen molar-refractivity contribution in [3.8, 4) is 0 Å². The van der Waals surface area contributed by atoms with Crippen molar-refractivity contribution in [1.29, 1.82) is 0 Å². The Morgan fingerprint density at radius 3 is 2.46 bits per heavy atom. The summed E-state index contributed by atoms with van der Waals surface area (Å²) in [7, 11) is 0. The van der Waals surface area contributed by atoms with E-state index in [4.69, 9.17) is 17.3 Å². The van der Waals surface area contributed by atoms with Crippen molar-refractivity contribution in [3.63, 3.8) is 0 Å². The largest absolute Gasteiger partial charge is 0.398 e. The summed E-state index contributed by atoms with van der Waals surface area (Å²) in [5.74, 6) is -0.00371. The van der Waals surface area contributed by atoms with Gasteiger partial charge in [-0.3, -0.25) is 14.5 Å². The molecule has 2 amide bonds. The average Bonchev–Trinajstić information content (AvgIpc) is 2.68. The molecule has 0 radical (unpaired) electrons. The third-order valence-electron chi connectivity index (χ3n) is 6.62. The van der Waals surface area contributed by atoms with E-state index in [1.54, 1.807) is 18.2 Å². The second kappa shape index (κ2) is 5.44. The number of piperidine rings is 3. The Bertz CT molecular complexity index is 927. The SMILES string of the molecule is Nc1ccc2c3c(cccc13)C(=O)N([C@@H]1C[N+]3(CCl)CCC1CC3)C2=O. The summed E-state index contributed by atoms with van der Waals surface area (Å²) in [6.07, 6.45) is 2.04. The van der Waals surface area contributed by atoms with Crippen LogP contribution in [-0.4, -0.2) is 52.9 Å². The Morgan fingerprint density at radius 1 is 1.08 bits per heavy atom. The maximum atomic E-state index is 13.3. The van der Waals surface area contributed by atoms with Crippen LogP contribution in [-0.2, 0) is 0 Å². The van der Waals surface area contributed by atoms with E-state index in [1.165, 1.54) is 4.90 Å². The third kappa shape index (κ3) is 2.01. The van der Waals surface area contributed by atoms with Gasteiger partial charge in [-0.1, -0.05) is 23.7 Å². The standard InChI is InChI=1S/C20H20ClN3O2/c21-11-24-8-6-12(7-9-24)17(10-24)23-19(25)14-3-1-2-13-16(22)5-4-15(18(13)14)20(23)26/h1-5,12,17H,6-11H2,(H-,22,25,26)/p+1/t12?,17-,24?/m1/s1. The molecule has 1 atom stereocenters. The quantitative estimate of drug-likeness (QED) is 0.291. The van der Waals surface area contributed by atoms with E-state index in [0.717, 1.165) is 42.3 Å². The van der Waals surface area contributed by atoms with Crippen LogP contribution in [0.1, 0.15) is 33.6 Å². The maximum absolute atomic E-state index is 13.3. The fourth-order valence-corrected chi connectivity index (χ4v) is 5.48. The van der Waals surface area contributed by atoms with Crippen LogP contribution in [0, 0.1) is 5.92 Å². The van der Waals surface area contributed by atoms with Crippen molar-refractivity contribution < 1.29 is 14.1 Å². The molecule has 4 aliphatic heterocycles. The van der Waals surface area contributed by atoms with Crippen molar-refractivity contribution in [2.75, 3.05) is 31.4 Å². The van der Waals surface area contributed by atoms with Gasteiger partial charge in [0, 0.05) is 40.4 Å². The molecule has 0 unspecified atom stereocenters. The molecule has 0 saturated carbocycles. The first-order valence-electron chi connectivity index (χ1n) is 9.15. The minimum atomic E-state index is -0.190. The van der Waals surface area contributed by atoms with Crippen molar-refractivity contribution in [3.05, 3.63) is 41.5 Å². The van der Waals surface area contributed by atoms with Gasteiger partial charge in [-0.25, -0.2) is 0 Å². The van der Waals surface area contributed by atoms with Gasteiger partial charge in [0.05, 0.1) is 19.1 Å². The molecule has 2 aromatic rings. The lowest BCUT2D eigenvalue weighted by molar-refractivity contribution is -0.934. The molecule has 0 spiro atoms. The monoisotopic (exact) mass is 370 g/mol. The molecule has 134 valence electrons. The first kappa shape index (κ1) is 16.1. The molecule has 2 aromatic carbocycles. The number of carbonyl (C=O) groups is 2. The molecule has 2 N–H and O–H groups in total. The Kier molecular flexibility index (Phi) is 3.37. The lowest BCUT2D eigenvalue weighted by Crippen LogP contribution is -2.68. The lowest BCUT2D eigenvalue weighted by Gasteiger charge is -2.54. The minimum Gasteiger partial charge on any atom is -0.398 e. The molecule has 2 bridgehead atoms. The van der Waals surface area contributed by atoms with Gasteiger partial charge in [0.15, 0.2) is 6.00 Å². The number of halogens is 1. The van der Waals surface area contributed by atoms with E-state index in [0.29, 0.717) is 34.1 Å². The first-order valence-corrected chi connectivity index (χ1v) is 9.68. The van der Waals surface area contributed by atoms with Crippen LogP contribution in [0.4, 0.5) is 5.69 Å². The van der Waals surface area contributed by atoms with Crippen LogP contribution in [0.3, 0.4) is 0 Å². The minimum absolute atomic E-state index is 0.0720. The van der Waals surface area contributed by atoms with Gasteiger partial charge < -0.3 is 10.2 Å². The predicted octanol–water partition coefficient (Wildman–Crippen LogP) is 2.82. The van der Waals surface area contributed by atoms with Crippen LogP contribution >= 0.6 is 11.6 Å². The Labute approximate surface area is 156 Å². The number of rotatable bonds is 2. The van der Waals surface area contributed by atoms with E-state index in [2.05, 4.69) is 0 Å². The molecule has 0 aliphatic carbocycles. The molecule has 0 aromatic heterocycles. The number of carbonyl (C=O) groups excluding carboxylic acids is 2. The van der Waals surface area contributed by atoms with E-state index in [9.17, 15) is 9.59 Å². The zero-order valence-corrected chi connectivity index (χ0v) is 15.2. The number of nitrogen functional groups attached to an aromatic ring is 1. The van der Waals surface area contributed by atoms with E-state index in [-0.39, 0.29) is 17.9 Å². The molecule has 6 rings (SSSR count). The molecule has 5 nitrogen and oxygen atoms in total. The Hall–Kier alpha value is -2.11. The van der Waals surface area contributed by atoms with Gasteiger partial charge in [0.1, 0.15) is 6.54 Å². The van der Waals surface area contributed by atoms with Crippen molar-refractivity contribution >= 4 is 39.9 Å². The summed E-state index contributed by atoms with van der Waals surface area (Å²) < 4.78 is 0.804. The summed E-state index contributed by atoms with van der Waals surface area (Å²) in [6.45, 7) is 2.86. The van der Waals surface area contributed by atoms with Gasteiger partial charge in [-0.15, -0.1) is 0 Å². The highest BCUT2D eigenvalue weighted by Gasteiger charge is 2.51. The number of quaternary nitrogens is 1. The number of hydrogen-bond acceptors (Lipinski definition) is 3. The number of amides is 2. The number of alkyl halides is 1. The number of nitrogens with two attached hydrogens (primary N) is 1. The zero-order chi connectivity index (χ0) is 18.1. The summed E-state index contributed by atoms with van der Waals surface area (Å²) in [6, 6.07) is 9.51. The first-order chi connectivity index (χ1) is 12.5. The van der Waals surface area contributed by atoms with Crippen molar-refractivity contribution in [2.45, 2.75) is 18.9 Å². The van der Waals surface area contributed by atoms with Gasteiger partial charge >= 0.3 is 0 Å². The number of imide groups is 1. The summed E-state index contributed by atoms with van der Waals surface area (Å²) in [5.41, 5.74) is 7.83. The molecule has 3 fully saturated rings. The van der Waals surface area contributed by atoms with Gasteiger partial charge in [-0.05, 0) is 24.1 Å². The second-order valence-corrected chi connectivity index (χ2v) is 8.15. The number of anilines is 1. The predicted molar refractivity (Wildman–Crippen MR) is 101 cm³/mol. The molecule has 26 heavy (non-hydrogen) atoms. The topological polar surface area (TPSA) is 63.4 Å². The molecule has 4 aliphatic rings. The molecular weight excluding hydrogens is 350 g/mol. The second-order valence-electron chi connectivity index (χ2n) is 7.91. The van der Waals surface area contributed by atoms with Crippen molar-refractivity contribution in [1.82, 2.24) is 4.90 Å². The summed E-state index contributed by atoms with van der Waals surface area (Å²) in [5, 5.41) is 1.47. The Morgan fingerprint density at radius 2 is 1.77 bits per heavy atom. The highest BCUT2D eigenvalue weighted by atomic mass is 35.5. The van der Waals surface area contributed by atoms with Crippen LogP contribution in [0.5, 0.6) is 0 Å². The Balaban J connectivity index is 1.64. The highest BCUT2D eigenvalue weighted by Crippen LogP contribution is 2.40. The van der Waals surface area contributed by atoms with Crippen LogP contribution in [0.25, 0.3) is 10.8 Å². The maximum Gasteiger partial charge on any atom is 0.261 e. The fraction of sp³-hybridized carbons (Fsp3) is 0.400. The van der Waals surface area contributed by atoms with Gasteiger partial charge in [0.2, 0.25) is 0 Å². The fourth-order valence-electron chi connectivity index (χ4n) is 5.15. The molecule has 4 heterocycles.